The van der Waals surface area contributed by atoms with Gasteiger partial charge in [0.2, 0.25) is 0 Å². The van der Waals surface area contributed by atoms with Gasteiger partial charge in [-0.15, -0.1) is 0 Å². The van der Waals surface area contributed by atoms with Crippen LogP contribution in [-0.4, -0.2) is 31.4 Å². The summed E-state index contributed by atoms with van der Waals surface area (Å²) in [6.07, 6.45) is 6.69. The second kappa shape index (κ2) is 6.82. The van der Waals surface area contributed by atoms with Crippen LogP contribution in [-0.2, 0) is 6.42 Å². The van der Waals surface area contributed by atoms with E-state index in [9.17, 15) is 5.11 Å². The van der Waals surface area contributed by atoms with Gasteiger partial charge < -0.3 is 10.4 Å². The molecule has 2 N–H and O–H groups in total. The van der Waals surface area contributed by atoms with Crippen molar-refractivity contribution in [2.45, 2.75) is 58.0 Å². The summed E-state index contributed by atoms with van der Waals surface area (Å²) >= 11 is 0. The largest absolute Gasteiger partial charge is 0.507 e. The van der Waals surface area contributed by atoms with Crippen molar-refractivity contribution in [2.24, 2.45) is 5.92 Å². The van der Waals surface area contributed by atoms with Crippen LogP contribution in [0.4, 0.5) is 0 Å². The lowest BCUT2D eigenvalue weighted by Gasteiger charge is -2.46. The van der Waals surface area contributed by atoms with Gasteiger partial charge in [0.05, 0.1) is 11.4 Å². The highest BCUT2D eigenvalue weighted by Gasteiger charge is 2.37. The van der Waals surface area contributed by atoms with Gasteiger partial charge in [-0.2, -0.15) is 10.2 Å². The highest BCUT2D eigenvalue weighted by molar-refractivity contribution is 5.89. The third kappa shape index (κ3) is 3.99. The van der Waals surface area contributed by atoms with E-state index in [-0.39, 0.29) is 16.8 Å². The van der Waals surface area contributed by atoms with Crippen LogP contribution in [0.1, 0.15) is 46.2 Å². The number of piperidine rings is 1. The normalized spacial score (nSPS) is 19.0. The smallest absolute Gasteiger partial charge is 0.125 e. The van der Waals surface area contributed by atoms with E-state index in [4.69, 9.17) is 0 Å². The van der Waals surface area contributed by atoms with E-state index >= 15 is 0 Å². The van der Waals surface area contributed by atoms with Gasteiger partial charge in [-0.1, -0.05) is 0 Å². The van der Waals surface area contributed by atoms with Gasteiger partial charge >= 0.3 is 0 Å². The van der Waals surface area contributed by atoms with Gasteiger partial charge in [0.25, 0.3) is 0 Å². The van der Waals surface area contributed by atoms with E-state index < -0.39 is 0 Å². The third-order valence-corrected chi connectivity index (χ3v) is 5.52. The highest BCUT2D eigenvalue weighted by atomic mass is 16.3. The topological polar surface area (TPSA) is 70.9 Å². The Bertz CT molecular complexity index is 979. The van der Waals surface area contributed by atoms with Gasteiger partial charge in [-0.3, -0.25) is 4.98 Å². The molecule has 146 valence electrons. The average Bonchev–Trinajstić information content (AvgIpc) is 2.59. The molecule has 1 aliphatic rings. The van der Waals surface area contributed by atoms with Crippen molar-refractivity contribution >= 4 is 10.8 Å². The van der Waals surface area contributed by atoms with Crippen LogP contribution in [0.15, 0.2) is 42.7 Å². The number of benzene rings is 1. The van der Waals surface area contributed by atoms with Crippen molar-refractivity contribution in [3.63, 3.8) is 0 Å². The number of phenols is 1. The first-order valence-electron chi connectivity index (χ1n) is 9.90. The number of hydrogen-bond acceptors (Lipinski definition) is 5. The molecule has 2 aromatic heterocycles. The Morgan fingerprint density at radius 1 is 1.00 bits per heavy atom. The molecule has 0 atom stereocenters. The first-order chi connectivity index (χ1) is 13.2. The number of hydrogen-bond donors (Lipinski definition) is 2. The van der Waals surface area contributed by atoms with Crippen molar-refractivity contribution in [3.8, 4) is 17.0 Å². The van der Waals surface area contributed by atoms with E-state index in [1.165, 1.54) is 0 Å². The lowest BCUT2D eigenvalue weighted by molar-refractivity contribution is 0.128. The van der Waals surface area contributed by atoms with Crippen molar-refractivity contribution in [2.75, 3.05) is 0 Å². The van der Waals surface area contributed by atoms with Gasteiger partial charge in [-0.25, -0.2) is 0 Å². The van der Waals surface area contributed by atoms with Gasteiger partial charge in [0.1, 0.15) is 5.75 Å². The highest BCUT2D eigenvalue weighted by Crippen LogP contribution is 2.35. The van der Waals surface area contributed by atoms with E-state index in [0.29, 0.717) is 17.2 Å². The Morgan fingerprint density at radius 2 is 1.75 bits per heavy atom. The summed E-state index contributed by atoms with van der Waals surface area (Å²) in [5.74, 6) is 0.786. The Morgan fingerprint density at radius 3 is 2.43 bits per heavy atom. The quantitative estimate of drug-likeness (QED) is 0.704. The molecule has 0 radical (unpaired) electrons. The molecular formula is C23H28N4O. The molecule has 3 aromatic rings. The Balaban J connectivity index is 1.55. The van der Waals surface area contributed by atoms with Crippen LogP contribution >= 0.6 is 0 Å². The molecule has 4 rings (SSSR count). The molecule has 1 fully saturated rings. The fourth-order valence-electron chi connectivity index (χ4n) is 4.92. The number of fused-ring (bicyclic) bond motifs is 1. The lowest BCUT2D eigenvalue weighted by atomic mass is 9.74. The monoisotopic (exact) mass is 376 g/mol. The zero-order valence-corrected chi connectivity index (χ0v) is 17.0. The van der Waals surface area contributed by atoms with Crippen LogP contribution in [0.2, 0.25) is 0 Å². The van der Waals surface area contributed by atoms with Crippen LogP contribution < -0.4 is 5.32 Å². The predicted molar refractivity (Wildman–Crippen MR) is 112 cm³/mol. The molecule has 1 saturated heterocycles. The maximum Gasteiger partial charge on any atom is 0.125 e. The fraction of sp³-hybridized carbons (Fsp3) is 0.435. The molecule has 5 heteroatoms. The maximum absolute atomic E-state index is 10.4. The molecule has 3 heterocycles. The second-order valence-electron chi connectivity index (χ2n) is 9.37. The number of aromatic nitrogens is 3. The number of aromatic hydroxyl groups is 1. The van der Waals surface area contributed by atoms with Crippen LogP contribution in [0.25, 0.3) is 22.0 Å². The number of rotatable bonds is 3. The standard InChI is InChI=1S/C23H28N4O/c1-22(2)12-15(13-23(3,4)27-22)9-18-5-6-20(26-25-18)19-10-17-14-24-8-7-16(17)11-21(19)28/h5-8,10-11,14-15,27-28H,9,12-13H2,1-4H3. The SMILES string of the molecule is CC1(C)CC(Cc2ccc(-c3cc4cnccc4cc3O)nn2)CC(C)(C)N1. The summed E-state index contributed by atoms with van der Waals surface area (Å²) in [7, 11) is 0. The van der Waals surface area contributed by atoms with E-state index in [1.54, 1.807) is 18.5 Å². The summed E-state index contributed by atoms with van der Waals surface area (Å²) in [6, 6.07) is 9.55. The molecule has 0 bridgehead atoms. The molecule has 0 amide bonds. The molecule has 0 saturated carbocycles. The van der Waals surface area contributed by atoms with E-state index in [2.05, 4.69) is 48.2 Å². The minimum atomic E-state index is 0.130. The summed E-state index contributed by atoms with van der Waals surface area (Å²) in [5.41, 5.74) is 2.63. The molecular weight excluding hydrogens is 348 g/mol. The minimum Gasteiger partial charge on any atom is -0.507 e. The summed E-state index contributed by atoms with van der Waals surface area (Å²) in [4.78, 5) is 4.16. The molecule has 0 spiro atoms. The van der Waals surface area contributed by atoms with Crippen molar-refractivity contribution < 1.29 is 5.11 Å². The Hall–Kier alpha value is -2.53. The molecule has 0 aliphatic carbocycles. The fourth-order valence-corrected chi connectivity index (χ4v) is 4.92. The van der Waals surface area contributed by atoms with E-state index in [0.717, 1.165) is 35.7 Å². The van der Waals surface area contributed by atoms with Crippen molar-refractivity contribution in [1.29, 1.82) is 0 Å². The number of pyridine rings is 1. The maximum atomic E-state index is 10.4. The molecule has 5 nitrogen and oxygen atoms in total. The zero-order chi connectivity index (χ0) is 19.9. The Labute approximate surface area is 166 Å². The average molecular weight is 377 g/mol. The van der Waals surface area contributed by atoms with E-state index in [1.807, 2.05) is 24.3 Å². The van der Waals surface area contributed by atoms with Gasteiger partial charge in [0.15, 0.2) is 0 Å². The van der Waals surface area contributed by atoms with Crippen LogP contribution in [0, 0.1) is 5.92 Å². The number of nitrogens with zero attached hydrogens (tertiary/aromatic N) is 3. The first-order valence-corrected chi connectivity index (χ1v) is 9.90. The second-order valence-corrected chi connectivity index (χ2v) is 9.37. The minimum absolute atomic E-state index is 0.130. The van der Waals surface area contributed by atoms with Crippen molar-refractivity contribution in [1.82, 2.24) is 20.5 Å². The first kappa shape index (κ1) is 18.8. The molecule has 28 heavy (non-hydrogen) atoms. The van der Waals surface area contributed by atoms with Gasteiger partial charge in [-0.05, 0) is 88.6 Å². The summed E-state index contributed by atoms with van der Waals surface area (Å²) in [5, 5.41) is 24.9. The van der Waals surface area contributed by atoms with Crippen LogP contribution in [0.5, 0.6) is 5.75 Å². The lowest BCUT2D eigenvalue weighted by Crippen LogP contribution is -2.58. The summed E-state index contributed by atoms with van der Waals surface area (Å²) in [6.45, 7) is 9.08. The predicted octanol–water partition coefficient (Wildman–Crippen LogP) is 4.50. The summed E-state index contributed by atoms with van der Waals surface area (Å²) < 4.78 is 0. The molecule has 1 aromatic carbocycles. The number of phenolic OH excluding ortho intramolecular Hbond substituents is 1. The number of nitrogens with one attached hydrogen (secondary N) is 1. The third-order valence-electron chi connectivity index (χ3n) is 5.52. The zero-order valence-electron chi connectivity index (χ0n) is 17.0. The molecule has 0 unspecified atom stereocenters. The molecule has 1 aliphatic heterocycles. The Kier molecular flexibility index (Phi) is 4.58. The van der Waals surface area contributed by atoms with Crippen molar-refractivity contribution in [3.05, 3.63) is 48.4 Å². The van der Waals surface area contributed by atoms with Gasteiger partial charge in [0, 0.05) is 34.4 Å². The van der Waals surface area contributed by atoms with Crippen LogP contribution in [0.3, 0.4) is 0 Å².